The van der Waals surface area contributed by atoms with E-state index in [0.717, 1.165) is 0 Å². The Morgan fingerprint density at radius 2 is 2.05 bits per heavy atom. The number of nitrogens with zero attached hydrogens (tertiary/aromatic N) is 1. The SMILES string of the molecule is N#Cc1c(NCCN)sc(C(=O)c2ccccc2)c1N. The number of thiophene rings is 1. The van der Waals surface area contributed by atoms with Gasteiger partial charge < -0.3 is 16.8 Å². The van der Waals surface area contributed by atoms with Crippen molar-refractivity contribution in [3.63, 3.8) is 0 Å². The number of hydrogen-bond acceptors (Lipinski definition) is 6. The zero-order valence-electron chi connectivity index (χ0n) is 10.7. The van der Waals surface area contributed by atoms with Crippen molar-refractivity contribution in [3.05, 3.63) is 46.3 Å². The Hall–Kier alpha value is -2.36. The summed E-state index contributed by atoms with van der Waals surface area (Å²) in [5.41, 5.74) is 12.4. The van der Waals surface area contributed by atoms with Gasteiger partial charge in [-0.1, -0.05) is 30.3 Å². The lowest BCUT2D eigenvalue weighted by Crippen LogP contribution is -2.12. The lowest BCUT2D eigenvalue weighted by molar-refractivity contribution is 0.104. The average molecular weight is 286 g/mol. The van der Waals surface area contributed by atoms with Crippen molar-refractivity contribution in [3.8, 4) is 6.07 Å². The lowest BCUT2D eigenvalue weighted by Gasteiger charge is -2.00. The standard InChI is InChI=1S/C14H14N4OS/c15-6-7-18-14-10(8-16)11(17)13(20-14)12(19)9-4-2-1-3-5-9/h1-5,18H,6-7,15,17H2. The monoisotopic (exact) mass is 286 g/mol. The Morgan fingerprint density at radius 3 is 2.65 bits per heavy atom. The smallest absolute Gasteiger partial charge is 0.205 e. The van der Waals surface area contributed by atoms with E-state index < -0.39 is 0 Å². The molecule has 6 heteroatoms. The number of hydrogen-bond donors (Lipinski definition) is 3. The van der Waals surface area contributed by atoms with E-state index in [1.165, 1.54) is 11.3 Å². The molecule has 20 heavy (non-hydrogen) atoms. The Morgan fingerprint density at radius 1 is 1.35 bits per heavy atom. The van der Waals surface area contributed by atoms with Gasteiger partial charge in [-0.15, -0.1) is 11.3 Å². The summed E-state index contributed by atoms with van der Waals surface area (Å²) in [6.07, 6.45) is 0. The molecule has 1 aromatic heterocycles. The Labute approximate surface area is 120 Å². The third kappa shape index (κ3) is 2.64. The molecule has 0 fully saturated rings. The molecule has 1 heterocycles. The van der Waals surface area contributed by atoms with Gasteiger partial charge in [-0.2, -0.15) is 5.26 Å². The third-order valence-corrected chi connectivity index (χ3v) is 3.89. The van der Waals surface area contributed by atoms with Crippen LogP contribution in [0.1, 0.15) is 20.8 Å². The van der Waals surface area contributed by atoms with Crippen molar-refractivity contribution in [2.24, 2.45) is 5.73 Å². The Balaban J connectivity index is 2.40. The maximum atomic E-state index is 12.4. The lowest BCUT2D eigenvalue weighted by atomic mass is 10.1. The van der Waals surface area contributed by atoms with Crippen molar-refractivity contribution in [1.29, 1.82) is 5.26 Å². The van der Waals surface area contributed by atoms with Crippen molar-refractivity contribution in [2.75, 3.05) is 24.1 Å². The summed E-state index contributed by atoms with van der Waals surface area (Å²) in [6, 6.07) is 10.9. The van der Waals surface area contributed by atoms with Gasteiger partial charge in [0.05, 0.1) is 5.69 Å². The zero-order valence-corrected chi connectivity index (χ0v) is 11.5. The molecule has 0 atom stereocenters. The van der Waals surface area contributed by atoms with Crippen LogP contribution >= 0.6 is 11.3 Å². The average Bonchev–Trinajstić information content (AvgIpc) is 2.81. The van der Waals surface area contributed by atoms with Crippen LogP contribution in [0.15, 0.2) is 30.3 Å². The number of nitrogens with one attached hydrogen (secondary N) is 1. The minimum atomic E-state index is -0.176. The van der Waals surface area contributed by atoms with E-state index >= 15 is 0 Å². The van der Waals surface area contributed by atoms with Gasteiger partial charge in [-0.25, -0.2) is 0 Å². The molecule has 0 amide bonds. The predicted octanol–water partition coefficient (Wildman–Crippen LogP) is 1.80. The van der Waals surface area contributed by atoms with Crippen LogP contribution in [0.5, 0.6) is 0 Å². The summed E-state index contributed by atoms with van der Waals surface area (Å²) < 4.78 is 0. The van der Waals surface area contributed by atoms with E-state index in [4.69, 9.17) is 16.7 Å². The molecule has 102 valence electrons. The van der Waals surface area contributed by atoms with Crippen molar-refractivity contribution < 1.29 is 4.79 Å². The van der Waals surface area contributed by atoms with Crippen LogP contribution in [0.2, 0.25) is 0 Å². The van der Waals surface area contributed by atoms with Gasteiger partial charge in [0.2, 0.25) is 5.78 Å². The molecule has 0 unspecified atom stereocenters. The topological polar surface area (TPSA) is 105 Å². The summed E-state index contributed by atoms with van der Waals surface area (Å²) >= 11 is 1.19. The quantitative estimate of drug-likeness (QED) is 0.727. The molecule has 0 saturated heterocycles. The minimum Gasteiger partial charge on any atom is -0.396 e. The zero-order chi connectivity index (χ0) is 14.5. The van der Waals surface area contributed by atoms with Crippen LogP contribution in [0.4, 0.5) is 10.7 Å². The number of nitriles is 1. The van der Waals surface area contributed by atoms with E-state index in [0.29, 0.717) is 34.1 Å². The van der Waals surface area contributed by atoms with Gasteiger partial charge >= 0.3 is 0 Å². The van der Waals surface area contributed by atoms with Crippen LogP contribution in [0.3, 0.4) is 0 Å². The number of benzene rings is 1. The molecule has 0 aliphatic rings. The van der Waals surface area contributed by atoms with Gasteiger partial charge in [0.25, 0.3) is 0 Å². The Kier molecular flexibility index (Phi) is 4.35. The van der Waals surface area contributed by atoms with Crippen LogP contribution in [0, 0.1) is 11.3 Å². The second-order valence-corrected chi connectivity index (χ2v) is 5.09. The predicted molar refractivity (Wildman–Crippen MR) is 80.9 cm³/mol. The molecule has 0 spiro atoms. The van der Waals surface area contributed by atoms with Gasteiger partial charge in [0.1, 0.15) is 21.5 Å². The molecule has 0 saturated carbocycles. The van der Waals surface area contributed by atoms with Gasteiger partial charge in [-0.05, 0) is 0 Å². The molecule has 5 N–H and O–H groups in total. The van der Waals surface area contributed by atoms with Crippen LogP contribution < -0.4 is 16.8 Å². The molecule has 5 nitrogen and oxygen atoms in total. The summed E-state index contributed by atoms with van der Waals surface area (Å²) in [5.74, 6) is -0.176. The van der Waals surface area contributed by atoms with Crippen molar-refractivity contribution in [1.82, 2.24) is 0 Å². The highest BCUT2D eigenvalue weighted by Gasteiger charge is 2.21. The first-order valence-corrected chi connectivity index (χ1v) is 6.86. The molecule has 2 aromatic rings. The highest BCUT2D eigenvalue weighted by atomic mass is 32.1. The maximum absolute atomic E-state index is 12.4. The fourth-order valence-corrected chi connectivity index (χ4v) is 2.81. The molecule has 0 aliphatic carbocycles. The number of carbonyl (C=O) groups is 1. The fourth-order valence-electron chi connectivity index (χ4n) is 1.75. The van der Waals surface area contributed by atoms with E-state index in [1.54, 1.807) is 24.3 Å². The molecule has 2 rings (SSSR count). The summed E-state index contributed by atoms with van der Waals surface area (Å²) in [4.78, 5) is 12.8. The first-order chi connectivity index (χ1) is 9.69. The van der Waals surface area contributed by atoms with Crippen LogP contribution in [0.25, 0.3) is 0 Å². The fraction of sp³-hybridized carbons (Fsp3) is 0.143. The third-order valence-electron chi connectivity index (χ3n) is 2.73. The maximum Gasteiger partial charge on any atom is 0.205 e. The molecular weight excluding hydrogens is 272 g/mol. The van der Waals surface area contributed by atoms with E-state index in [-0.39, 0.29) is 11.5 Å². The molecule has 1 aromatic carbocycles. The molecular formula is C14H14N4OS. The van der Waals surface area contributed by atoms with Gasteiger partial charge in [0.15, 0.2) is 0 Å². The number of anilines is 2. The second kappa shape index (κ2) is 6.19. The van der Waals surface area contributed by atoms with Crippen LogP contribution in [-0.2, 0) is 0 Å². The molecule has 0 aliphatic heterocycles. The molecule has 0 bridgehead atoms. The number of nitrogens with two attached hydrogens (primary N) is 2. The number of nitrogen functional groups attached to an aromatic ring is 1. The van der Waals surface area contributed by atoms with Crippen molar-refractivity contribution >= 4 is 27.8 Å². The highest BCUT2D eigenvalue weighted by Crippen LogP contribution is 2.36. The first kappa shape index (κ1) is 14.1. The highest BCUT2D eigenvalue weighted by molar-refractivity contribution is 7.19. The first-order valence-electron chi connectivity index (χ1n) is 6.05. The largest absolute Gasteiger partial charge is 0.396 e. The molecule has 0 radical (unpaired) electrons. The summed E-state index contributed by atoms with van der Waals surface area (Å²) in [7, 11) is 0. The van der Waals surface area contributed by atoms with E-state index in [2.05, 4.69) is 5.32 Å². The Bertz CT molecular complexity index is 658. The summed E-state index contributed by atoms with van der Waals surface area (Å²) in [5, 5.41) is 12.8. The summed E-state index contributed by atoms with van der Waals surface area (Å²) in [6.45, 7) is 0.957. The normalized spacial score (nSPS) is 10.0. The number of carbonyl (C=O) groups excluding carboxylic acids is 1. The second-order valence-electron chi connectivity index (χ2n) is 4.07. The number of ketones is 1. The minimum absolute atomic E-state index is 0.176. The number of rotatable bonds is 5. The van der Waals surface area contributed by atoms with Crippen LogP contribution in [-0.4, -0.2) is 18.9 Å². The van der Waals surface area contributed by atoms with Gasteiger partial charge in [-0.3, -0.25) is 4.79 Å². The van der Waals surface area contributed by atoms with E-state index in [9.17, 15) is 4.79 Å². The van der Waals surface area contributed by atoms with E-state index in [1.807, 2.05) is 12.1 Å². The van der Waals surface area contributed by atoms with Gasteiger partial charge in [0, 0.05) is 18.7 Å². The van der Waals surface area contributed by atoms with Crippen molar-refractivity contribution in [2.45, 2.75) is 0 Å².